The van der Waals surface area contributed by atoms with Crippen molar-refractivity contribution in [2.24, 2.45) is 5.10 Å². The number of hydrogen-bond donors (Lipinski definition) is 1. The fourth-order valence-electron chi connectivity index (χ4n) is 4.03. The van der Waals surface area contributed by atoms with Gasteiger partial charge < -0.3 is 14.5 Å². The average Bonchev–Trinajstić information content (AvgIpc) is 2.89. The summed E-state index contributed by atoms with van der Waals surface area (Å²) in [5.74, 6) is 0.451. The number of rotatable bonds is 8. The van der Waals surface area contributed by atoms with Crippen LogP contribution in [0.2, 0.25) is 0 Å². The van der Waals surface area contributed by atoms with Crippen molar-refractivity contribution in [1.82, 2.24) is 14.8 Å². The van der Waals surface area contributed by atoms with Crippen molar-refractivity contribution in [2.75, 3.05) is 57.4 Å². The van der Waals surface area contributed by atoms with Crippen molar-refractivity contribution < 1.29 is 14.3 Å². The molecular weight excluding hydrogens is 476 g/mol. The fraction of sp³-hybridized carbons (Fsp3) is 0.385. The number of carbonyl (C=O) groups is 2. The van der Waals surface area contributed by atoms with E-state index in [0.717, 1.165) is 56.0 Å². The molecule has 4 rings (SSSR count). The highest BCUT2D eigenvalue weighted by atomic mass is 32.2. The molecule has 2 aliphatic rings. The number of hydrogen-bond acceptors (Lipinski definition) is 8. The largest absolute Gasteiger partial charge is 0.449 e. The molecule has 188 valence electrons. The summed E-state index contributed by atoms with van der Waals surface area (Å²) in [5.41, 5.74) is 3.54. The van der Waals surface area contributed by atoms with E-state index in [2.05, 4.69) is 33.3 Å². The predicted octanol–water partition coefficient (Wildman–Crippen LogP) is 3.82. The van der Waals surface area contributed by atoms with Crippen LogP contribution in [0.4, 0.5) is 15.3 Å². The van der Waals surface area contributed by atoms with Gasteiger partial charge in [0, 0.05) is 44.2 Å². The van der Waals surface area contributed by atoms with Gasteiger partial charge in [-0.15, -0.1) is 0 Å². The second-order valence-electron chi connectivity index (χ2n) is 8.81. The van der Waals surface area contributed by atoms with Gasteiger partial charge >= 0.3 is 11.3 Å². The quantitative estimate of drug-likeness (QED) is 0.543. The van der Waals surface area contributed by atoms with Crippen LogP contribution < -0.4 is 5.32 Å². The maximum Gasteiger partial charge on any atom is 0.411 e. The van der Waals surface area contributed by atoms with Gasteiger partial charge in [0.1, 0.15) is 0 Å². The molecule has 0 saturated carbocycles. The van der Waals surface area contributed by atoms with Crippen molar-refractivity contribution in [3.8, 4) is 6.07 Å². The normalized spacial score (nSPS) is 16.8. The molecule has 2 heterocycles. The van der Waals surface area contributed by atoms with E-state index in [1.807, 2.05) is 30.3 Å². The van der Waals surface area contributed by atoms with E-state index in [1.165, 1.54) is 16.8 Å². The second-order valence-corrected chi connectivity index (χ2v) is 9.74. The first kappa shape index (κ1) is 25.7. The Bertz CT molecular complexity index is 1160. The smallest absolute Gasteiger partial charge is 0.411 e. The van der Waals surface area contributed by atoms with E-state index in [4.69, 9.17) is 10.00 Å². The minimum absolute atomic E-state index is 0.145. The Morgan fingerprint density at radius 2 is 1.97 bits per heavy atom. The highest BCUT2D eigenvalue weighted by molar-refractivity contribution is 8.14. The Morgan fingerprint density at radius 3 is 2.78 bits per heavy atom. The van der Waals surface area contributed by atoms with Gasteiger partial charge in [-0.3, -0.25) is 10.1 Å². The van der Waals surface area contributed by atoms with Crippen molar-refractivity contribution in [2.45, 2.75) is 13.0 Å². The van der Waals surface area contributed by atoms with E-state index >= 15 is 0 Å². The minimum atomic E-state index is -0.493. The zero-order chi connectivity index (χ0) is 25.3. The standard InChI is InChI=1S/C26H30N6O3S/c1-30-10-12-31(13-11-30)9-4-14-35-25(33)28-23-8-3-6-21(16-23)18-32-26(34)36-19-24(29-32)22-7-2-5-20(15-22)17-27/h2-3,5-8,15-16H,4,9-14,18-19H2,1H3,(H,28,33). The molecule has 9 nitrogen and oxygen atoms in total. The molecule has 0 bridgehead atoms. The zero-order valence-electron chi connectivity index (χ0n) is 20.4. The van der Waals surface area contributed by atoms with Gasteiger partial charge in [-0.2, -0.15) is 10.4 Å². The van der Waals surface area contributed by atoms with E-state index in [-0.39, 0.29) is 11.8 Å². The minimum Gasteiger partial charge on any atom is -0.449 e. The molecule has 36 heavy (non-hydrogen) atoms. The number of ether oxygens (including phenoxy) is 1. The average molecular weight is 507 g/mol. The summed E-state index contributed by atoms with van der Waals surface area (Å²) in [4.78, 5) is 29.4. The van der Waals surface area contributed by atoms with E-state index < -0.39 is 6.09 Å². The zero-order valence-corrected chi connectivity index (χ0v) is 21.2. The molecule has 0 atom stereocenters. The molecule has 2 aliphatic heterocycles. The Labute approximate surface area is 215 Å². The lowest BCUT2D eigenvalue weighted by atomic mass is 10.1. The van der Waals surface area contributed by atoms with Crippen molar-refractivity contribution in [1.29, 1.82) is 5.26 Å². The highest BCUT2D eigenvalue weighted by Gasteiger charge is 2.22. The molecule has 0 aliphatic carbocycles. The topological polar surface area (TPSA) is 101 Å². The third-order valence-corrected chi connectivity index (χ3v) is 6.94. The van der Waals surface area contributed by atoms with Crippen LogP contribution in [-0.2, 0) is 11.3 Å². The number of nitrogens with one attached hydrogen (secondary N) is 1. The van der Waals surface area contributed by atoms with Crippen LogP contribution in [-0.4, -0.2) is 84.0 Å². The summed E-state index contributed by atoms with van der Waals surface area (Å²) < 4.78 is 5.35. The summed E-state index contributed by atoms with van der Waals surface area (Å²) in [7, 11) is 2.13. The third-order valence-electron chi connectivity index (χ3n) is 6.06. The Balaban J connectivity index is 1.29. The van der Waals surface area contributed by atoms with Crippen molar-refractivity contribution >= 4 is 34.5 Å². The maximum atomic E-state index is 12.5. The highest BCUT2D eigenvalue weighted by Crippen LogP contribution is 2.23. The van der Waals surface area contributed by atoms with Crippen LogP contribution in [0.25, 0.3) is 0 Å². The Kier molecular flexibility index (Phi) is 8.95. The van der Waals surface area contributed by atoms with Gasteiger partial charge in [0.05, 0.1) is 30.5 Å². The lowest BCUT2D eigenvalue weighted by molar-refractivity contribution is 0.130. The van der Waals surface area contributed by atoms with E-state index in [9.17, 15) is 9.59 Å². The summed E-state index contributed by atoms with van der Waals surface area (Å²) in [5, 5.41) is 17.7. The van der Waals surface area contributed by atoms with Crippen LogP contribution in [0.5, 0.6) is 0 Å². The summed E-state index contributed by atoms with van der Waals surface area (Å²) in [6.45, 7) is 5.78. The van der Waals surface area contributed by atoms with E-state index in [0.29, 0.717) is 23.6 Å². The lowest BCUT2D eigenvalue weighted by Crippen LogP contribution is -2.44. The molecule has 2 aromatic rings. The van der Waals surface area contributed by atoms with Gasteiger partial charge in [0.25, 0.3) is 0 Å². The van der Waals surface area contributed by atoms with Crippen LogP contribution in [0, 0.1) is 11.3 Å². The molecule has 2 aromatic carbocycles. The molecule has 1 fully saturated rings. The third kappa shape index (κ3) is 7.31. The van der Waals surface area contributed by atoms with Gasteiger partial charge in [0.15, 0.2) is 0 Å². The van der Waals surface area contributed by atoms with Gasteiger partial charge in [0.2, 0.25) is 0 Å². The first-order chi connectivity index (χ1) is 17.5. The number of likely N-dealkylation sites (N-methyl/N-ethyl adjacent to an activating group) is 1. The first-order valence-corrected chi connectivity index (χ1v) is 12.9. The Morgan fingerprint density at radius 1 is 1.17 bits per heavy atom. The summed E-state index contributed by atoms with van der Waals surface area (Å²) in [6.07, 6.45) is 0.302. The molecular formula is C26H30N6O3S. The molecule has 0 radical (unpaired) electrons. The molecule has 0 aromatic heterocycles. The van der Waals surface area contributed by atoms with Crippen LogP contribution in [0.1, 0.15) is 23.1 Å². The molecule has 10 heteroatoms. The molecule has 1 N–H and O–H groups in total. The second kappa shape index (κ2) is 12.5. The van der Waals surface area contributed by atoms with Crippen molar-refractivity contribution in [3.05, 3.63) is 65.2 Å². The number of piperazine rings is 1. The Hall–Kier alpha value is -3.39. The molecule has 1 saturated heterocycles. The lowest BCUT2D eigenvalue weighted by Gasteiger charge is -2.32. The SMILES string of the molecule is CN1CCN(CCCOC(=O)Nc2cccc(CN3N=C(c4cccc(C#N)c4)CSC3=O)c2)CC1. The number of carbonyl (C=O) groups excluding carboxylic acids is 2. The number of nitrogens with zero attached hydrogens (tertiary/aromatic N) is 5. The summed E-state index contributed by atoms with van der Waals surface area (Å²) >= 11 is 1.18. The number of amides is 2. The number of hydrazone groups is 1. The van der Waals surface area contributed by atoms with Crippen LogP contribution >= 0.6 is 11.8 Å². The fourth-order valence-corrected chi connectivity index (χ4v) is 4.77. The number of anilines is 1. The predicted molar refractivity (Wildman–Crippen MR) is 141 cm³/mol. The maximum absolute atomic E-state index is 12.5. The first-order valence-electron chi connectivity index (χ1n) is 12.0. The number of thioether (sulfide) groups is 1. The number of benzene rings is 2. The monoisotopic (exact) mass is 506 g/mol. The molecule has 0 spiro atoms. The van der Waals surface area contributed by atoms with Crippen molar-refractivity contribution in [3.63, 3.8) is 0 Å². The molecule has 2 amide bonds. The van der Waals surface area contributed by atoms with Gasteiger partial charge in [-0.25, -0.2) is 9.80 Å². The van der Waals surface area contributed by atoms with Gasteiger partial charge in [-0.05, 0) is 48.9 Å². The van der Waals surface area contributed by atoms with Crippen LogP contribution in [0.15, 0.2) is 53.6 Å². The molecule has 0 unspecified atom stereocenters. The van der Waals surface area contributed by atoms with E-state index in [1.54, 1.807) is 18.2 Å². The summed E-state index contributed by atoms with van der Waals surface area (Å²) in [6, 6.07) is 16.6. The van der Waals surface area contributed by atoms with Gasteiger partial charge in [-0.1, -0.05) is 36.0 Å². The number of nitriles is 1. The van der Waals surface area contributed by atoms with Crippen LogP contribution in [0.3, 0.4) is 0 Å².